The Bertz CT molecular complexity index is 795. The predicted octanol–water partition coefficient (Wildman–Crippen LogP) is 3.87. The first-order chi connectivity index (χ1) is 11.9. The molecule has 0 heterocycles. The molecule has 0 aliphatic carbocycles. The smallest absolute Gasteiger partial charge is 0.293 e. The average molecular weight is 364 g/mol. The highest BCUT2D eigenvalue weighted by Crippen LogP contribution is 2.26. The zero-order valence-corrected chi connectivity index (χ0v) is 14.6. The summed E-state index contributed by atoms with van der Waals surface area (Å²) >= 11 is 5.94. The molecule has 2 N–H and O–H groups in total. The van der Waals surface area contributed by atoms with Gasteiger partial charge in [0.25, 0.3) is 11.6 Å². The number of amides is 1. The minimum atomic E-state index is -0.531. The maximum Gasteiger partial charge on any atom is 0.293 e. The highest BCUT2D eigenvalue weighted by atomic mass is 35.5. The van der Waals surface area contributed by atoms with E-state index in [1.807, 2.05) is 6.92 Å². The number of hydrogen-bond acceptors (Lipinski definition) is 5. The lowest BCUT2D eigenvalue weighted by molar-refractivity contribution is -0.384. The fourth-order valence-electron chi connectivity index (χ4n) is 2.18. The van der Waals surface area contributed by atoms with Gasteiger partial charge in [0.2, 0.25) is 0 Å². The minimum Gasteiger partial charge on any atom is -0.383 e. The minimum absolute atomic E-state index is 0.174. The van der Waals surface area contributed by atoms with Crippen molar-refractivity contribution in [1.82, 2.24) is 0 Å². The van der Waals surface area contributed by atoms with E-state index in [-0.39, 0.29) is 11.3 Å². The van der Waals surface area contributed by atoms with Gasteiger partial charge in [0.15, 0.2) is 0 Å². The zero-order chi connectivity index (χ0) is 18.4. The van der Waals surface area contributed by atoms with Gasteiger partial charge in [-0.15, -0.1) is 0 Å². The molecule has 2 aromatic rings. The highest BCUT2D eigenvalue weighted by Gasteiger charge is 2.18. The lowest BCUT2D eigenvalue weighted by Crippen LogP contribution is -2.14. The number of nitrogens with zero attached hydrogens (tertiary/aromatic N) is 1. The van der Waals surface area contributed by atoms with Gasteiger partial charge in [-0.1, -0.05) is 17.7 Å². The molecule has 0 atom stereocenters. The molecule has 0 saturated carbocycles. The third kappa shape index (κ3) is 4.91. The monoisotopic (exact) mass is 363 g/mol. The second-order valence-electron chi connectivity index (χ2n) is 5.32. The number of nitrogens with one attached hydrogen (secondary N) is 2. The standard InChI is InChI=1S/C17H18ClN3O4/c1-11-3-5-13(18)10-15(11)20-17(22)12-4-6-14(19-7-8-25-2)16(9-12)21(23)24/h3-6,9-10,19H,7-8H2,1-2H3,(H,20,22). The Balaban J connectivity index is 2.23. The van der Waals surface area contributed by atoms with Crippen molar-refractivity contribution in [3.8, 4) is 0 Å². The highest BCUT2D eigenvalue weighted by molar-refractivity contribution is 6.31. The number of rotatable bonds is 7. The fourth-order valence-corrected chi connectivity index (χ4v) is 2.36. The van der Waals surface area contributed by atoms with Crippen molar-refractivity contribution in [1.29, 1.82) is 0 Å². The fraction of sp³-hybridized carbons (Fsp3) is 0.235. The molecule has 0 fully saturated rings. The van der Waals surface area contributed by atoms with Gasteiger partial charge >= 0.3 is 0 Å². The first-order valence-electron chi connectivity index (χ1n) is 7.51. The summed E-state index contributed by atoms with van der Waals surface area (Å²) in [5.74, 6) is -0.447. The van der Waals surface area contributed by atoms with Crippen LogP contribution in [0.3, 0.4) is 0 Å². The van der Waals surface area contributed by atoms with Crippen LogP contribution < -0.4 is 10.6 Å². The molecule has 0 unspecified atom stereocenters. The van der Waals surface area contributed by atoms with E-state index in [0.717, 1.165) is 5.56 Å². The molecule has 8 heteroatoms. The number of ether oxygens (including phenoxy) is 1. The van der Waals surface area contributed by atoms with Crippen LogP contribution in [0.4, 0.5) is 17.1 Å². The third-order valence-corrected chi connectivity index (χ3v) is 3.76. The number of carbonyl (C=O) groups is 1. The zero-order valence-electron chi connectivity index (χ0n) is 13.8. The molecule has 7 nitrogen and oxygen atoms in total. The molecule has 132 valence electrons. The number of nitro groups is 1. The number of carbonyl (C=O) groups excluding carboxylic acids is 1. The normalized spacial score (nSPS) is 10.4. The van der Waals surface area contributed by atoms with E-state index in [4.69, 9.17) is 16.3 Å². The number of methoxy groups -OCH3 is 1. The van der Waals surface area contributed by atoms with Crippen molar-refractivity contribution in [2.75, 3.05) is 30.9 Å². The summed E-state index contributed by atoms with van der Waals surface area (Å²) < 4.78 is 4.91. The Hall–Kier alpha value is -2.64. The van der Waals surface area contributed by atoms with Crippen LogP contribution in [-0.4, -0.2) is 31.1 Å². The van der Waals surface area contributed by atoms with Crippen molar-refractivity contribution in [3.63, 3.8) is 0 Å². The van der Waals surface area contributed by atoms with E-state index in [2.05, 4.69) is 10.6 Å². The molecule has 1 amide bonds. The van der Waals surface area contributed by atoms with E-state index in [9.17, 15) is 14.9 Å². The summed E-state index contributed by atoms with van der Waals surface area (Å²) in [4.78, 5) is 23.1. The van der Waals surface area contributed by atoms with Crippen LogP contribution in [0.5, 0.6) is 0 Å². The molecule has 25 heavy (non-hydrogen) atoms. The quantitative estimate of drug-likeness (QED) is 0.442. The molecule has 0 saturated heterocycles. The molecular weight excluding hydrogens is 346 g/mol. The van der Waals surface area contributed by atoms with Crippen LogP contribution >= 0.6 is 11.6 Å². The van der Waals surface area contributed by atoms with Gasteiger partial charge in [-0.25, -0.2) is 0 Å². The van der Waals surface area contributed by atoms with Gasteiger partial charge in [-0.2, -0.15) is 0 Å². The second kappa shape index (κ2) is 8.46. The number of hydrogen-bond donors (Lipinski definition) is 2. The number of halogens is 1. The molecule has 0 aromatic heterocycles. The van der Waals surface area contributed by atoms with Gasteiger partial charge in [0, 0.05) is 36.0 Å². The van der Waals surface area contributed by atoms with E-state index >= 15 is 0 Å². The van der Waals surface area contributed by atoms with Crippen LogP contribution in [0.2, 0.25) is 5.02 Å². The lowest BCUT2D eigenvalue weighted by atomic mass is 10.1. The van der Waals surface area contributed by atoms with Crippen LogP contribution in [0, 0.1) is 17.0 Å². The first-order valence-corrected chi connectivity index (χ1v) is 7.89. The van der Waals surface area contributed by atoms with Crippen LogP contribution in [0.25, 0.3) is 0 Å². The summed E-state index contributed by atoms with van der Waals surface area (Å²) in [5.41, 5.74) is 1.74. The van der Waals surface area contributed by atoms with Gasteiger partial charge in [-0.05, 0) is 36.8 Å². The van der Waals surface area contributed by atoms with Crippen molar-refractivity contribution in [2.45, 2.75) is 6.92 Å². The summed E-state index contributed by atoms with van der Waals surface area (Å²) in [5, 5.41) is 17.4. The predicted molar refractivity (Wildman–Crippen MR) is 97.6 cm³/mol. The molecule has 2 rings (SSSR count). The SMILES string of the molecule is COCCNc1ccc(C(=O)Nc2cc(Cl)ccc2C)cc1[N+](=O)[O-]. The Morgan fingerprint density at radius 3 is 2.68 bits per heavy atom. The summed E-state index contributed by atoms with van der Waals surface area (Å²) in [7, 11) is 1.54. The topological polar surface area (TPSA) is 93.5 Å². The summed E-state index contributed by atoms with van der Waals surface area (Å²) in [6.07, 6.45) is 0. The van der Waals surface area contributed by atoms with Gasteiger partial charge < -0.3 is 15.4 Å². The Morgan fingerprint density at radius 1 is 1.24 bits per heavy atom. The van der Waals surface area contributed by atoms with Crippen molar-refractivity contribution in [3.05, 3.63) is 62.7 Å². The van der Waals surface area contributed by atoms with Crippen LogP contribution in [-0.2, 0) is 4.74 Å². The number of aryl methyl sites for hydroxylation is 1. The third-order valence-electron chi connectivity index (χ3n) is 3.53. The van der Waals surface area contributed by atoms with Crippen molar-refractivity contribution >= 4 is 34.6 Å². The molecule has 0 bridgehead atoms. The summed E-state index contributed by atoms with van der Waals surface area (Å²) in [6, 6.07) is 9.40. The van der Waals surface area contributed by atoms with Crippen LogP contribution in [0.1, 0.15) is 15.9 Å². The Morgan fingerprint density at radius 2 is 2.00 bits per heavy atom. The Labute approximate surface area is 150 Å². The molecule has 2 aromatic carbocycles. The van der Waals surface area contributed by atoms with Crippen LogP contribution in [0.15, 0.2) is 36.4 Å². The van der Waals surface area contributed by atoms with Gasteiger partial charge in [0.1, 0.15) is 5.69 Å². The second-order valence-corrected chi connectivity index (χ2v) is 5.76. The van der Waals surface area contributed by atoms with Crippen molar-refractivity contribution < 1.29 is 14.5 Å². The number of nitro benzene ring substituents is 1. The van der Waals surface area contributed by atoms with E-state index in [0.29, 0.717) is 29.5 Å². The van der Waals surface area contributed by atoms with Gasteiger partial charge in [-0.3, -0.25) is 14.9 Å². The molecule has 0 aliphatic heterocycles. The van der Waals surface area contributed by atoms with E-state index in [1.54, 1.807) is 25.3 Å². The Kier molecular flexibility index (Phi) is 6.32. The van der Waals surface area contributed by atoms with E-state index in [1.165, 1.54) is 18.2 Å². The van der Waals surface area contributed by atoms with Gasteiger partial charge in [0.05, 0.1) is 11.5 Å². The lowest BCUT2D eigenvalue weighted by Gasteiger charge is -2.10. The molecule has 0 radical (unpaired) electrons. The van der Waals surface area contributed by atoms with E-state index < -0.39 is 10.8 Å². The first kappa shape index (κ1) is 18.7. The summed E-state index contributed by atoms with van der Waals surface area (Å²) in [6.45, 7) is 2.66. The number of anilines is 2. The molecular formula is C17H18ClN3O4. The molecule has 0 aliphatic rings. The molecule has 0 spiro atoms. The number of benzene rings is 2. The maximum absolute atomic E-state index is 12.4. The average Bonchev–Trinajstić information content (AvgIpc) is 2.58. The van der Waals surface area contributed by atoms with Crippen molar-refractivity contribution in [2.24, 2.45) is 0 Å². The maximum atomic E-state index is 12.4. The largest absolute Gasteiger partial charge is 0.383 e.